The molecule has 0 spiro atoms. The molecule has 2 rings (SSSR count). The lowest BCUT2D eigenvalue weighted by atomic mass is 9.83. The van der Waals surface area contributed by atoms with Gasteiger partial charge in [-0.25, -0.2) is 0 Å². The highest BCUT2D eigenvalue weighted by Gasteiger charge is 2.30. The van der Waals surface area contributed by atoms with E-state index in [1.807, 2.05) is 0 Å². The van der Waals surface area contributed by atoms with E-state index in [0.717, 1.165) is 6.54 Å². The lowest BCUT2D eigenvalue weighted by Crippen LogP contribution is -2.44. The molecular weight excluding hydrogens is 208 g/mol. The number of benzene rings is 1. The smallest absolute Gasteiger partial charge is 0.0470 e. The van der Waals surface area contributed by atoms with Crippen LogP contribution in [0.1, 0.15) is 38.3 Å². The normalized spacial score (nSPS) is 22.3. The summed E-state index contributed by atoms with van der Waals surface area (Å²) in [6, 6.07) is 11.0. The Labute approximate surface area is 105 Å². The third kappa shape index (κ3) is 3.08. The molecule has 0 saturated carbocycles. The van der Waals surface area contributed by atoms with Gasteiger partial charge in [-0.05, 0) is 30.4 Å². The maximum absolute atomic E-state index is 5.98. The van der Waals surface area contributed by atoms with Crippen LogP contribution in [0.25, 0.3) is 0 Å². The van der Waals surface area contributed by atoms with E-state index in [2.05, 4.69) is 49.1 Å². The van der Waals surface area contributed by atoms with Gasteiger partial charge in [-0.3, -0.25) is 4.90 Å². The Balaban J connectivity index is 2.13. The molecule has 1 aromatic rings. The third-order valence-corrected chi connectivity index (χ3v) is 3.78. The van der Waals surface area contributed by atoms with E-state index in [1.165, 1.54) is 24.9 Å². The third-order valence-electron chi connectivity index (χ3n) is 3.78. The highest BCUT2D eigenvalue weighted by atomic mass is 15.2. The van der Waals surface area contributed by atoms with E-state index in [-0.39, 0.29) is 0 Å². The van der Waals surface area contributed by atoms with Crippen LogP contribution in [0, 0.1) is 5.41 Å². The Morgan fingerprint density at radius 3 is 2.59 bits per heavy atom. The zero-order valence-electron chi connectivity index (χ0n) is 11.0. The molecule has 1 aliphatic rings. The summed E-state index contributed by atoms with van der Waals surface area (Å²) in [5.74, 6) is 0. The number of rotatable bonds is 3. The standard InChI is InChI=1S/C15H24N2/c1-15(2)9-6-10-17(12-15)14(11-16)13-7-4-3-5-8-13/h3-5,7-8,14H,6,9-12,16H2,1-2H3. The zero-order chi connectivity index (χ0) is 12.3. The quantitative estimate of drug-likeness (QED) is 0.868. The molecule has 0 amide bonds. The topological polar surface area (TPSA) is 29.3 Å². The predicted molar refractivity (Wildman–Crippen MR) is 72.8 cm³/mol. The first kappa shape index (κ1) is 12.6. The van der Waals surface area contributed by atoms with E-state index in [1.54, 1.807) is 0 Å². The number of hydrogen-bond donors (Lipinski definition) is 1. The van der Waals surface area contributed by atoms with Crippen molar-refractivity contribution in [2.75, 3.05) is 19.6 Å². The molecule has 2 heteroatoms. The van der Waals surface area contributed by atoms with Crippen LogP contribution >= 0.6 is 0 Å². The lowest BCUT2D eigenvalue weighted by molar-refractivity contribution is 0.0807. The molecule has 0 aliphatic carbocycles. The molecule has 2 N–H and O–H groups in total. The molecule has 1 aromatic carbocycles. The number of nitrogens with zero attached hydrogens (tertiary/aromatic N) is 1. The fraction of sp³-hybridized carbons (Fsp3) is 0.600. The van der Waals surface area contributed by atoms with E-state index < -0.39 is 0 Å². The minimum atomic E-state index is 0.385. The first-order valence-corrected chi connectivity index (χ1v) is 6.61. The van der Waals surface area contributed by atoms with Gasteiger partial charge in [0.15, 0.2) is 0 Å². The van der Waals surface area contributed by atoms with E-state index >= 15 is 0 Å². The van der Waals surface area contributed by atoms with Crippen molar-refractivity contribution in [3.05, 3.63) is 35.9 Å². The molecule has 17 heavy (non-hydrogen) atoms. The number of likely N-dealkylation sites (tertiary alicyclic amines) is 1. The van der Waals surface area contributed by atoms with Crippen molar-refractivity contribution in [2.45, 2.75) is 32.7 Å². The highest BCUT2D eigenvalue weighted by molar-refractivity contribution is 5.19. The summed E-state index contributed by atoms with van der Waals surface area (Å²) in [4.78, 5) is 2.55. The van der Waals surface area contributed by atoms with Gasteiger partial charge in [0, 0.05) is 19.1 Å². The lowest BCUT2D eigenvalue weighted by Gasteiger charge is -2.42. The van der Waals surface area contributed by atoms with Crippen molar-refractivity contribution < 1.29 is 0 Å². The molecule has 94 valence electrons. The van der Waals surface area contributed by atoms with Crippen LogP contribution in [0.3, 0.4) is 0 Å². The van der Waals surface area contributed by atoms with E-state index in [0.29, 0.717) is 18.0 Å². The average molecular weight is 232 g/mol. The minimum absolute atomic E-state index is 0.385. The van der Waals surface area contributed by atoms with Crippen LogP contribution in [0.5, 0.6) is 0 Å². The SMILES string of the molecule is CC1(C)CCCN(C(CN)c2ccccc2)C1. The Hall–Kier alpha value is -0.860. The van der Waals surface area contributed by atoms with Crippen molar-refractivity contribution in [1.82, 2.24) is 4.90 Å². The number of nitrogens with two attached hydrogens (primary N) is 1. The Bertz CT molecular complexity index is 345. The van der Waals surface area contributed by atoms with Crippen LogP contribution in [-0.4, -0.2) is 24.5 Å². The molecule has 1 atom stereocenters. The molecule has 0 radical (unpaired) electrons. The predicted octanol–water partition coefficient (Wildman–Crippen LogP) is 2.81. The summed E-state index contributed by atoms with van der Waals surface area (Å²) < 4.78 is 0. The monoisotopic (exact) mass is 232 g/mol. The Morgan fingerprint density at radius 2 is 2.00 bits per heavy atom. The van der Waals surface area contributed by atoms with Crippen LogP contribution < -0.4 is 5.73 Å². The van der Waals surface area contributed by atoms with E-state index in [9.17, 15) is 0 Å². The van der Waals surface area contributed by atoms with Crippen LogP contribution in [0.2, 0.25) is 0 Å². The van der Waals surface area contributed by atoms with Crippen LogP contribution in [0.15, 0.2) is 30.3 Å². The van der Waals surface area contributed by atoms with Crippen molar-refractivity contribution in [3.63, 3.8) is 0 Å². The largest absolute Gasteiger partial charge is 0.329 e. The van der Waals surface area contributed by atoms with Crippen molar-refractivity contribution in [1.29, 1.82) is 0 Å². The van der Waals surface area contributed by atoms with Gasteiger partial charge in [-0.2, -0.15) is 0 Å². The summed E-state index contributed by atoms with van der Waals surface area (Å²) in [5, 5.41) is 0. The molecule has 1 fully saturated rings. The van der Waals surface area contributed by atoms with Gasteiger partial charge in [0.25, 0.3) is 0 Å². The van der Waals surface area contributed by atoms with Gasteiger partial charge < -0.3 is 5.73 Å². The summed E-state index contributed by atoms with van der Waals surface area (Å²) in [6.45, 7) is 7.76. The first-order chi connectivity index (χ1) is 8.12. The summed E-state index contributed by atoms with van der Waals surface area (Å²) in [7, 11) is 0. The molecule has 0 aromatic heterocycles. The molecule has 0 bridgehead atoms. The molecule has 1 saturated heterocycles. The minimum Gasteiger partial charge on any atom is -0.329 e. The highest BCUT2D eigenvalue weighted by Crippen LogP contribution is 2.33. The number of hydrogen-bond acceptors (Lipinski definition) is 2. The fourth-order valence-electron chi connectivity index (χ4n) is 2.91. The molecule has 1 unspecified atom stereocenters. The Morgan fingerprint density at radius 1 is 1.29 bits per heavy atom. The maximum atomic E-state index is 5.98. The molecule has 1 aliphatic heterocycles. The molecule has 1 heterocycles. The van der Waals surface area contributed by atoms with Gasteiger partial charge in [0.1, 0.15) is 0 Å². The van der Waals surface area contributed by atoms with Gasteiger partial charge >= 0.3 is 0 Å². The van der Waals surface area contributed by atoms with Gasteiger partial charge in [-0.15, -0.1) is 0 Å². The second-order valence-corrected chi connectivity index (χ2v) is 5.90. The van der Waals surface area contributed by atoms with Gasteiger partial charge in [0.05, 0.1) is 0 Å². The first-order valence-electron chi connectivity index (χ1n) is 6.61. The van der Waals surface area contributed by atoms with Crippen molar-refractivity contribution in [2.24, 2.45) is 11.1 Å². The van der Waals surface area contributed by atoms with Crippen LogP contribution in [0.4, 0.5) is 0 Å². The van der Waals surface area contributed by atoms with Gasteiger partial charge in [0.2, 0.25) is 0 Å². The zero-order valence-corrected chi connectivity index (χ0v) is 11.0. The summed E-state index contributed by atoms with van der Waals surface area (Å²) in [6.07, 6.45) is 2.62. The summed E-state index contributed by atoms with van der Waals surface area (Å²) in [5.41, 5.74) is 7.77. The van der Waals surface area contributed by atoms with Crippen LogP contribution in [-0.2, 0) is 0 Å². The maximum Gasteiger partial charge on any atom is 0.0470 e. The molecule has 2 nitrogen and oxygen atoms in total. The van der Waals surface area contributed by atoms with E-state index in [4.69, 9.17) is 5.73 Å². The second-order valence-electron chi connectivity index (χ2n) is 5.90. The fourth-order valence-corrected chi connectivity index (χ4v) is 2.91. The van der Waals surface area contributed by atoms with Gasteiger partial charge in [-0.1, -0.05) is 44.2 Å². The summed E-state index contributed by atoms with van der Waals surface area (Å²) >= 11 is 0. The molecular formula is C15H24N2. The second kappa shape index (κ2) is 5.19. The average Bonchev–Trinajstić information content (AvgIpc) is 2.30. The van der Waals surface area contributed by atoms with Crippen molar-refractivity contribution in [3.8, 4) is 0 Å². The number of piperidine rings is 1. The van der Waals surface area contributed by atoms with Crippen molar-refractivity contribution >= 4 is 0 Å². The Kier molecular flexibility index (Phi) is 3.85.